The normalized spacial score (nSPS) is 31.6. The van der Waals surface area contributed by atoms with E-state index in [0.29, 0.717) is 17.6 Å². The summed E-state index contributed by atoms with van der Waals surface area (Å²) in [6.45, 7) is 2.58. The Balaban J connectivity index is 1.36. The lowest BCUT2D eigenvalue weighted by Crippen LogP contribution is -2.29. The molecule has 2 unspecified atom stereocenters. The second-order valence-corrected chi connectivity index (χ2v) is 9.20. The third kappa shape index (κ3) is 4.98. The van der Waals surface area contributed by atoms with Crippen molar-refractivity contribution in [3.8, 4) is 5.75 Å². The van der Waals surface area contributed by atoms with Crippen molar-refractivity contribution in [3.05, 3.63) is 29.3 Å². The van der Waals surface area contributed by atoms with E-state index in [1.807, 2.05) is 12.1 Å². The average Bonchev–Trinajstić information content (AvgIpc) is 3.03. The lowest BCUT2D eigenvalue weighted by atomic mass is 9.73. The fourth-order valence-corrected chi connectivity index (χ4v) is 5.65. The van der Waals surface area contributed by atoms with Gasteiger partial charge >= 0.3 is 5.97 Å². The van der Waals surface area contributed by atoms with E-state index in [-0.39, 0.29) is 31.0 Å². The number of hydrogen-bond donors (Lipinski definition) is 2. The van der Waals surface area contributed by atoms with E-state index < -0.39 is 5.97 Å². The van der Waals surface area contributed by atoms with Crippen LogP contribution in [0.5, 0.6) is 5.75 Å². The summed E-state index contributed by atoms with van der Waals surface area (Å²) in [6, 6.07) is 5.92. The van der Waals surface area contributed by atoms with Crippen LogP contribution in [0.4, 0.5) is 0 Å². The maximum Gasteiger partial charge on any atom is 0.341 e. The number of benzene rings is 1. The average molecular weight is 419 g/mol. The first-order valence-electron chi connectivity index (χ1n) is 11.4. The van der Waals surface area contributed by atoms with Crippen LogP contribution in [0.1, 0.15) is 56.6 Å². The summed E-state index contributed by atoms with van der Waals surface area (Å²) in [5.41, 5.74) is 2.36. The number of aliphatic hydroxyl groups is 1. The molecule has 0 amide bonds. The Labute approximate surface area is 178 Å². The fourth-order valence-electron chi connectivity index (χ4n) is 5.65. The van der Waals surface area contributed by atoms with Crippen molar-refractivity contribution >= 4 is 5.97 Å². The number of aliphatic carboxylic acids is 1. The minimum atomic E-state index is -0.965. The van der Waals surface area contributed by atoms with Crippen LogP contribution in [0.2, 0.25) is 0 Å². The first kappa shape index (κ1) is 21.6. The molecule has 2 N–H and O–H groups in total. The summed E-state index contributed by atoms with van der Waals surface area (Å²) in [4.78, 5) is 10.9. The predicted octanol–water partition coefficient (Wildman–Crippen LogP) is 3.57. The van der Waals surface area contributed by atoms with E-state index in [2.05, 4.69) is 13.0 Å². The molecule has 6 atom stereocenters. The van der Waals surface area contributed by atoms with E-state index in [9.17, 15) is 9.90 Å². The van der Waals surface area contributed by atoms with E-state index in [4.69, 9.17) is 19.3 Å². The summed E-state index contributed by atoms with van der Waals surface area (Å²) in [5.74, 6) is 0.879. The number of ether oxygens (including phenoxy) is 3. The van der Waals surface area contributed by atoms with Crippen molar-refractivity contribution in [2.24, 2.45) is 17.8 Å². The van der Waals surface area contributed by atoms with Gasteiger partial charge in [0.2, 0.25) is 0 Å². The van der Waals surface area contributed by atoms with E-state index in [1.165, 1.54) is 12.0 Å². The van der Waals surface area contributed by atoms with Crippen LogP contribution in [0, 0.1) is 17.8 Å². The zero-order chi connectivity index (χ0) is 21.1. The molecule has 166 valence electrons. The highest BCUT2D eigenvalue weighted by atomic mass is 16.7. The van der Waals surface area contributed by atoms with Crippen LogP contribution in [0.15, 0.2) is 18.2 Å². The molecular formula is C24H34O6. The summed E-state index contributed by atoms with van der Waals surface area (Å²) < 4.78 is 17.3. The number of fused-ring (bicyclic) bond motifs is 2. The molecule has 6 heteroatoms. The van der Waals surface area contributed by atoms with Crippen molar-refractivity contribution in [3.63, 3.8) is 0 Å². The molecule has 1 heterocycles. The Morgan fingerprint density at radius 3 is 2.93 bits per heavy atom. The summed E-state index contributed by atoms with van der Waals surface area (Å²) in [5, 5.41) is 19.7. The van der Waals surface area contributed by atoms with Gasteiger partial charge in [-0.1, -0.05) is 12.1 Å². The monoisotopic (exact) mass is 418 g/mol. The second-order valence-electron chi connectivity index (χ2n) is 9.20. The van der Waals surface area contributed by atoms with Gasteiger partial charge in [0.05, 0.1) is 12.2 Å². The first-order chi connectivity index (χ1) is 14.5. The van der Waals surface area contributed by atoms with E-state index in [1.54, 1.807) is 0 Å². The molecule has 2 aliphatic carbocycles. The van der Waals surface area contributed by atoms with Crippen molar-refractivity contribution < 1.29 is 29.2 Å². The molecule has 1 saturated heterocycles. The molecule has 0 spiro atoms. The van der Waals surface area contributed by atoms with Crippen LogP contribution in [0.3, 0.4) is 0 Å². The van der Waals surface area contributed by atoms with Gasteiger partial charge in [-0.15, -0.1) is 0 Å². The Hall–Kier alpha value is -1.63. The minimum absolute atomic E-state index is 0.0687. The number of carbonyl (C=O) groups is 1. The van der Waals surface area contributed by atoms with E-state index >= 15 is 0 Å². The summed E-state index contributed by atoms with van der Waals surface area (Å²) >= 11 is 0. The summed E-state index contributed by atoms with van der Waals surface area (Å²) in [6.07, 6.45) is 7.52. The van der Waals surface area contributed by atoms with Crippen LogP contribution in [-0.4, -0.2) is 47.9 Å². The number of carboxylic acid groups (broad SMARTS) is 1. The van der Waals surface area contributed by atoms with Gasteiger partial charge in [-0.05, 0) is 93.2 Å². The van der Waals surface area contributed by atoms with Crippen LogP contribution < -0.4 is 4.74 Å². The van der Waals surface area contributed by atoms with Crippen LogP contribution in [0.25, 0.3) is 0 Å². The highest BCUT2D eigenvalue weighted by Crippen LogP contribution is 2.48. The van der Waals surface area contributed by atoms with Gasteiger partial charge in [0.15, 0.2) is 12.9 Å². The zero-order valence-corrected chi connectivity index (χ0v) is 17.8. The van der Waals surface area contributed by atoms with Gasteiger partial charge in [0, 0.05) is 6.61 Å². The number of rotatable bonds is 8. The Morgan fingerprint density at radius 1 is 1.30 bits per heavy atom. The first-order valence-corrected chi connectivity index (χ1v) is 11.4. The molecule has 4 rings (SSSR count). The molecule has 0 radical (unpaired) electrons. The molecular weight excluding hydrogens is 384 g/mol. The predicted molar refractivity (Wildman–Crippen MR) is 111 cm³/mol. The van der Waals surface area contributed by atoms with Gasteiger partial charge < -0.3 is 24.4 Å². The van der Waals surface area contributed by atoms with Gasteiger partial charge in [0.25, 0.3) is 0 Å². The van der Waals surface area contributed by atoms with Gasteiger partial charge in [-0.2, -0.15) is 0 Å². The van der Waals surface area contributed by atoms with Crippen LogP contribution >= 0.6 is 0 Å². The van der Waals surface area contributed by atoms with Crippen LogP contribution in [-0.2, 0) is 27.1 Å². The molecule has 1 aromatic carbocycles. The maximum atomic E-state index is 10.9. The fraction of sp³-hybridized carbons (Fsp3) is 0.708. The second kappa shape index (κ2) is 9.67. The lowest BCUT2D eigenvalue weighted by Gasteiger charge is -2.33. The topological polar surface area (TPSA) is 85.2 Å². The number of hydrogen-bond acceptors (Lipinski definition) is 5. The molecule has 30 heavy (non-hydrogen) atoms. The number of carboxylic acids is 1. The quantitative estimate of drug-likeness (QED) is 0.671. The molecule has 1 saturated carbocycles. The highest BCUT2D eigenvalue weighted by Gasteiger charge is 2.44. The zero-order valence-electron chi connectivity index (χ0n) is 17.8. The minimum Gasteiger partial charge on any atom is -0.482 e. The van der Waals surface area contributed by atoms with Crippen molar-refractivity contribution in [2.75, 3.05) is 13.2 Å². The van der Waals surface area contributed by atoms with Gasteiger partial charge in [0.1, 0.15) is 5.75 Å². The van der Waals surface area contributed by atoms with Crippen molar-refractivity contribution in [1.29, 1.82) is 0 Å². The highest BCUT2D eigenvalue weighted by molar-refractivity contribution is 5.68. The molecule has 3 aliphatic rings. The molecule has 6 nitrogen and oxygen atoms in total. The molecule has 0 bridgehead atoms. The van der Waals surface area contributed by atoms with Crippen molar-refractivity contribution in [2.45, 2.75) is 76.8 Å². The molecule has 0 aromatic heterocycles. The Kier molecular flexibility index (Phi) is 6.96. The van der Waals surface area contributed by atoms with Gasteiger partial charge in [-0.25, -0.2) is 4.79 Å². The van der Waals surface area contributed by atoms with Crippen molar-refractivity contribution in [1.82, 2.24) is 0 Å². The Morgan fingerprint density at radius 2 is 2.17 bits per heavy atom. The third-order valence-corrected chi connectivity index (χ3v) is 7.13. The summed E-state index contributed by atoms with van der Waals surface area (Å²) in [7, 11) is 0. The SMILES string of the molecule is CC(CC[C@@H]1[C@H]2Cc3cccc(OCC(=O)O)c3C[C@H]2C[C@H]1O)OC1CCCCO1. The standard InChI is InChI=1S/C24H34O6/c1-15(30-24-7-2-3-10-28-24)8-9-18-19-11-16-5-4-6-22(29-14-23(26)27)20(16)12-17(19)13-21(18)25/h4-6,15,17-19,21,24-25H,2-3,7-14H2,1H3,(H,26,27)/t15?,17-,18+,19-,21+,24?/m0/s1. The lowest BCUT2D eigenvalue weighted by molar-refractivity contribution is -0.186. The molecule has 1 aromatic rings. The smallest absolute Gasteiger partial charge is 0.341 e. The Bertz CT molecular complexity index is 728. The number of aliphatic hydroxyl groups excluding tert-OH is 1. The maximum absolute atomic E-state index is 10.9. The van der Waals surface area contributed by atoms with Gasteiger partial charge in [-0.3, -0.25) is 0 Å². The molecule has 1 aliphatic heterocycles. The molecule has 2 fully saturated rings. The third-order valence-electron chi connectivity index (χ3n) is 7.13. The largest absolute Gasteiger partial charge is 0.482 e. The van der Waals surface area contributed by atoms with E-state index in [0.717, 1.165) is 57.1 Å².